The van der Waals surface area contributed by atoms with E-state index in [1.807, 2.05) is 0 Å². The molecule has 2 unspecified atom stereocenters. The van der Waals surface area contributed by atoms with Crippen molar-refractivity contribution in [2.45, 2.75) is 6.42 Å². The van der Waals surface area contributed by atoms with Crippen molar-refractivity contribution in [1.29, 1.82) is 0 Å². The number of carboxylic acid groups (broad SMARTS) is 1. The Bertz CT molecular complexity index is 483. The average Bonchev–Trinajstić information content (AvgIpc) is 3.08. The van der Waals surface area contributed by atoms with Crippen LogP contribution in [0.5, 0.6) is 5.75 Å². The molecule has 0 amide bonds. The van der Waals surface area contributed by atoms with E-state index in [4.69, 9.17) is 21.4 Å². The highest BCUT2D eigenvalue weighted by molar-refractivity contribution is 6.34. The van der Waals surface area contributed by atoms with Crippen molar-refractivity contribution < 1.29 is 19.4 Å². The number of carbonyl (C=O) groups is 2. The maximum atomic E-state index is 12.0. The Balaban J connectivity index is 2.18. The molecule has 1 aromatic carbocycles. The Labute approximate surface area is 103 Å². The van der Waals surface area contributed by atoms with Crippen LogP contribution in [0.2, 0.25) is 5.02 Å². The summed E-state index contributed by atoms with van der Waals surface area (Å²) < 4.78 is 4.98. The van der Waals surface area contributed by atoms with Crippen molar-refractivity contribution in [2.24, 2.45) is 11.8 Å². The van der Waals surface area contributed by atoms with E-state index in [9.17, 15) is 9.59 Å². The van der Waals surface area contributed by atoms with E-state index in [-0.39, 0.29) is 5.78 Å². The molecule has 1 fully saturated rings. The zero-order valence-corrected chi connectivity index (χ0v) is 9.90. The van der Waals surface area contributed by atoms with Gasteiger partial charge in [0.1, 0.15) is 5.75 Å². The molecule has 0 bridgehead atoms. The Hall–Kier alpha value is -1.55. The summed E-state index contributed by atoms with van der Waals surface area (Å²) in [5.74, 6) is -1.55. The number of ether oxygens (including phenoxy) is 1. The molecule has 17 heavy (non-hydrogen) atoms. The summed E-state index contributed by atoms with van der Waals surface area (Å²) in [5, 5.41) is 9.06. The number of methoxy groups -OCH3 is 1. The van der Waals surface area contributed by atoms with Gasteiger partial charge in [-0.2, -0.15) is 0 Å². The molecule has 0 aliphatic heterocycles. The third-order valence-corrected chi connectivity index (χ3v) is 3.20. The molecule has 2 rings (SSSR count). The predicted molar refractivity (Wildman–Crippen MR) is 61.6 cm³/mol. The number of ketones is 1. The van der Waals surface area contributed by atoms with Gasteiger partial charge in [-0.05, 0) is 24.6 Å². The van der Waals surface area contributed by atoms with E-state index in [1.165, 1.54) is 7.11 Å². The number of carboxylic acids is 1. The minimum atomic E-state index is -0.923. The second-order valence-corrected chi connectivity index (χ2v) is 4.40. The summed E-state index contributed by atoms with van der Waals surface area (Å²) in [6.45, 7) is 0. The van der Waals surface area contributed by atoms with Crippen LogP contribution in [-0.4, -0.2) is 24.0 Å². The molecule has 90 valence electrons. The number of carbonyl (C=O) groups excluding carboxylic acids is 1. The van der Waals surface area contributed by atoms with Gasteiger partial charge in [0.2, 0.25) is 0 Å². The third kappa shape index (κ3) is 2.26. The summed E-state index contributed by atoms with van der Waals surface area (Å²) in [6.07, 6.45) is 0.399. The molecule has 1 N–H and O–H groups in total. The van der Waals surface area contributed by atoms with Crippen molar-refractivity contribution in [3.8, 4) is 5.75 Å². The maximum Gasteiger partial charge on any atom is 0.307 e. The second kappa shape index (κ2) is 4.37. The standard InChI is InChI=1S/C12H11ClO4/c1-17-6-2-3-7(10(13)4-6)11(14)8-5-9(8)12(15)16/h2-4,8-9H,5H2,1H3,(H,15,16). The topological polar surface area (TPSA) is 63.6 Å². The monoisotopic (exact) mass is 254 g/mol. The van der Waals surface area contributed by atoms with Crippen LogP contribution in [0.15, 0.2) is 18.2 Å². The van der Waals surface area contributed by atoms with Gasteiger partial charge in [0, 0.05) is 11.5 Å². The highest BCUT2D eigenvalue weighted by Crippen LogP contribution is 2.42. The third-order valence-electron chi connectivity index (χ3n) is 2.89. The predicted octanol–water partition coefficient (Wildman–Crippen LogP) is 2.25. The summed E-state index contributed by atoms with van der Waals surface area (Å²) in [5.41, 5.74) is 0.362. The molecule has 0 radical (unpaired) electrons. The molecule has 0 saturated heterocycles. The second-order valence-electron chi connectivity index (χ2n) is 4.00. The quantitative estimate of drug-likeness (QED) is 0.837. The Kier molecular flexibility index (Phi) is 3.07. The van der Waals surface area contributed by atoms with Gasteiger partial charge < -0.3 is 9.84 Å². The first kappa shape index (κ1) is 11.9. The number of benzene rings is 1. The van der Waals surface area contributed by atoms with E-state index in [0.717, 1.165) is 0 Å². The van der Waals surface area contributed by atoms with Crippen molar-refractivity contribution in [3.05, 3.63) is 28.8 Å². The number of halogens is 1. The van der Waals surface area contributed by atoms with Gasteiger partial charge in [-0.1, -0.05) is 11.6 Å². The number of Topliss-reactive ketones (excluding diaryl/α,β-unsaturated/α-hetero) is 1. The molecule has 4 nitrogen and oxygen atoms in total. The summed E-state index contributed by atoms with van der Waals surface area (Å²) in [7, 11) is 1.51. The molecule has 0 spiro atoms. The lowest BCUT2D eigenvalue weighted by Crippen LogP contribution is -2.08. The molecular formula is C12H11ClO4. The van der Waals surface area contributed by atoms with E-state index in [2.05, 4.69) is 0 Å². The normalized spacial score (nSPS) is 22.0. The number of rotatable bonds is 4. The van der Waals surface area contributed by atoms with Gasteiger partial charge in [-0.3, -0.25) is 9.59 Å². The largest absolute Gasteiger partial charge is 0.497 e. The lowest BCUT2D eigenvalue weighted by atomic mass is 10.1. The van der Waals surface area contributed by atoms with Gasteiger partial charge in [0.15, 0.2) is 5.78 Å². The van der Waals surface area contributed by atoms with Gasteiger partial charge in [-0.15, -0.1) is 0 Å². The first-order valence-electron chi connectivity index (χ1n) is 5.15. The van der Waals surface area contributed by atoms with Crippen LogP contribution in [0.1, 0.15) is 16.8 Å². The first-order chi connectivity index (χ1) is 8.04. The molecule has 2 atom stereocenters. The fourth-order valence-corrected chi connectivity index (χ4v) is 2.04. The fourth-order valence-electron chi connectivity index (χ4n) is 1.78. The summed E-state index contributed by atoms with van der Waals surface area (Å²) >= 11 is 5.95. The molecule has 0 aromatic heterocycles. The van der Waals surface area contributed by atoms with E-state index in [0.29, 0.717) is 22.8 Å². The van der Waals surface area contributed by atoms with E-state index < -0.39 is 17.8 Å². The van der Waals surface area contributed by atoms with Crippen molar-refractivity contribution in [1.82, 2.24) is 0 Å². The summed E-state index contributed by atoms with van der Waals surface area (Å²) in [6, 6.07) is 4.75. The first-order valence-corrected chi connectivity index (χ1v) is 5.53. The molecule has 5 heteroatoms. The zero-order valence-electron chi connectivity index (χ0n) is 9.14. The molecule has 1 aromatic rings. The van der Waals surface area contributed by atoms with Crippen LogP contribution in [0.4, 0.5) is 0 Å². The van der Waals surface area contributed by atoms with Gasteiger partial charge in [0.25, 0.3) is 0 Å². The van der Waals surface area contributed by atoms with Gasteiger partial charge in [0.05, 0.1) is 18.1 Å². The lowest BCUT2D eigenvalue weighted by molar-refractivity contribution is -0.138. The van der Waals surface area contributed by atoms with Crippen molar-refractivity contribution in [2.75, 3.05) is 7.11 Å². The molecule has 1 aliphatic carbocycles. The molecular weight excluding hydrogens is 244 g/mol. The SMILES string of the molecule is COc1ccc(C(=O)C2CC2C(=O)O)c(Cl)c1. The van der Waals surface area contributed by atoms with Gasteiger partial charge >= 0.3 is 5.97 Å². The lowest BCUT2D eigenvalue weighted by Gasteiger charge is -2.05. The van der Waals surface area contributed by atoms with Crippen molar-refractivity contribution in [3.63, 3.8) is 0 Å². The van der Waals surface area contributed by atoms with Crippen LogP contribution in [-0.2, 0) is 4.79 Å². The number of hydrogen-bond acceptors (Lipinski definition) is 3. The van der Waals surface area contributed by atoms with E-state index in [1.54, 1.807) is 18.2 Å². The van der Waals surface area contributed by atoms with Gasteiger partial charge in [-0.25, -0.2) is 0 Å². The smallest absolute Gasteiger partial charge is 0.307 e. The molecule has 0 heterocycles. The Morgan fingerprint density at radius 3 is 2.59 bits per heavy atom. The summed E-state index contributed by atoms with van der Waals surface area (Å²) in [4.78, 5) is 22.6. The number of aliphatic carboxylic acids is 1. The Morgan fingerprint density at radius 1 is 1.41 bits per heavy atom. The zero-order chi connectivity index (χ0) is 12.6. The van der Waals surface area contributed by atoms with Crippen molar-refractivity contribution >= 4 is 23.4 Å². The average molecular weight is 255 g/mol. The highest BCUT2D eigenvalue weighted by atomic mass is 35.5. The van der Waals surface area contributed by atoms with Crippen LogP contribution >= 0.6 is 11.6 Å². The minimum Gasteiger partial charge on any atom is -0.497 e. The van der Waals surface area contributed by atoms with E-state index >= 15 is 0 Å². The highest BCUT2D eigenvalue weighted by Gasteiger charge is 2.48. The minimum absolute atomic E-state index is 0.204. The maximum absolute atomic E-state index is 12.0. The number of hydrogen-bond donors (Lipinski definition) is 1. The fraction of sp³-hybridized carbons (Fsp3) is 0.333. The Morgan fingerprint density at radius 2 is 2.12 bits per heavy atom. The molecule has 1 saturated carbocycles. The van der Waals surface area contributed by atoms with Crippen LogP contribution in [0, 0.1) is 11.8 Å². The van der Waals surface area contributed by atoms with Crippen LogP contribution in [0.25, 0.3) is 0 Å². The van der Waals surface area contributed by atoms with Crippen LogP contribution in [0.3, 0.4) is 0 Å². The molecule has 1 aliphatic rings. The van der Waals surface area contributed by atoms with Crippen LogP contribution < -0.4 is 4.74 Å².